The lowest BCUT2D eigenvalue weighted by molar-refractivity contribution is 0.465. The van der Waals surface area contributed by atoms with Gasteiger partial charge in [-0.05, 0) is 72.5 Å². The maximum atomic E-state index is 5.98. The summed E-state index contributed by atoms with van der Waals surface area (Å²) in [5, 5.41) is 0. The molecular formula is C29H30N2O2. The second-order valence-electron chi connectivity index (χ2n) is 8.19. The molecule has 4 aromatic rings. The van der Waals surface area contributed by atoms with Gasteiger partial charge in [-0.1, -0.05) is 50.2 Å². The van der Waals surface area contributed by atoms with Crippen LogP contribution in [0.3, 0.4) is 0 Å². The molecule has 0 aliphatic rings. The number of nitrogens with two attached hydrogens (primary N) is 2. The third-order valence-electron chi connectivity index (χ3n) is 6.21. The molecule has 0 amide bonds. The lowest BCUT2D eigenvalue weighted by Gasteiger charge is -2.33. The zero-order chi connectivity index (χ0) is 23.3. The molecule has 0 saturated heterocycles. The average molecular weight is 439 g/mol. The van der Waals surface area contributed by atoms with Crippen molar-refractivity contribution >= 4 is 11.4 Å². The number of rotatable bonds is 8. The standard InChI is InChI=1S/C29H30N2O2/c1-3-29(4-2,21-11-15-25(16-12-21)32-27-9-5-7-23(30)19-27)22-13-17-26(18-14-22)33-28-10-6-8-24(31)20-28/h5-20H,3-4,30-31H2,1-2H3. The van der Waals surface area contributed by atoms with Crippen LogP contribution in [0.15, 0.2) is 97.1 Å². The van der Waals surface area contributed by atoms with E-state index in [1.165, 1.54) is 11.1 Å². The molecule has 4 aromatic carbocycles. The van der Waals surface area contributed by atoms with Gasteiger partial charge in [0.1, 0.15) is 23.0 Å². The minimum atomic E-state index is -0.0919. The van der Waals surface area contributed by atoms with E-state index in [4.69, 9.17) is 20.9 Å². The fourth-order valence-electron chi connectivity index (χ4n) is 4.35. The summed E-state index contributed by atoms with van der Waals surface area (Å²) in [6.45, 7) is 4.47. The SMILES string of the molecule is CCC(CC)(c1ccc(Oc2cccc(N)c2)cc1)c1ccc(Oc2cccc(N)c2)cc1. The van der Waals surface area contributed by atoms with Crippen molar-refractivity contribution < 1.29 is 9.47 Å². The van der Waals surface area contributed by atoms with Crippen molar-refractivity contribution in [3.8, 4) is 23.0 Å². The predicted octanol–water partition coefficient (Wildman–Crippen LogP) is 7.54. The van der Waals surface area contributed by atoms with Crippen LogP contribution >= 0.6 is 0 Å². The molecule has 0 radical (unpaired) electrons. The highest BCUT2D eigenvalue weighted by Gasteiger charge is 2.30. The van der Waals surface area contributed by atoms with Gasteiger partial charge in [0.05, 0.1) is 0 Å². The normalized spacial score (nSPS) is 11.2. The van der Waals surface area contributed by atoms with E-state index in [2.05, 4.69) is 38.1 Å². The van der Waals surface area contributed by atoms with Gasteiger partial charge in [0.15, 0.2) is 0 Å². The molecule has 4 rings (SSSR count). The Balaban J connectivity index is 1.56. The van der Waals surface area contributed by atoms with Crippen molar-refractivity contribution in [1.82, 2.24) is 0 Å². The smallest absolute Gasteiger partial charge is 0.129 e. The first-order valence-corrected chi connectivity index (χ1v) is 11.3. The van der Waals surface area contributed by atoms with E-state index >= 15 is 0 Å². The van der Waals surface area contributed by atoms with Gasteiger partial charge in [-0.3, -0.25) is 0 Å². The fraction of sp³-hybridized carbons (Fsp3) is 0.172. The third-order valence-corrected chi connectivity index (χ3v) is 6.21. The van der Waals surface area contributed by atoms with Gasteiger partial charge in [-0.25, -0.2) is 0 Å². The molecule has 4 N–H and O–H groups in total. The van der Waals surface area contributed by atoms with Crippen molar-refractivity contribution in [1.29, 1.82) is 0 Å². The lowest BCUT2D eigenvalue weighted by atomic mass is 9.70. The molecule has 0 saturated carbocycles. The first-order valence-electron chi connectivity index (χ1n) is 11.3. The Morgan fingerprint density at radius 1 is 0.545 bits per heavy atom. The summed E-state index contributed by atoms with van der Waals surface area (Å²) in [7, 11) is 0. The van der Waals surface area contributed by atoms with Crippen LogP contribution in [-0.2, 0) is 5.41 Å². The number of hydrogen-bond donors (Lipinski definition) is 2. The summed E-state index contributed by atoms with van der Waals surface area (Å²) in [6, 6.07) is 31.6. The van der Waals surface area contributed by atoms with Crippen molar-refractivity contribution in [2.24, 2.45) is 0 Å². The highest BCUT2D eigenvalue weighted by molar-refractivity contribution is 5.48. The number of anilines is 2. The van der Waals surface area contributed by atoms with Gasteiger partial charge in [0.2, 0.25) is 0 Å². The maximum Gasteiger partial charge on any atom is 0.129 e. The Labute approximate surface area is 195 Å². The van der Waals surface area contributed by atoms with E-state index in [0.29, 0.717) is 11.4 Å². The zero-order valence-corrected chi connectivity index (χ0v) is 19.1. The molecule has 0 heterocycles. The van der Waals surface area contributed by atoms with E-state index in [1.807, 2.05) is 72.8 Å². The maximum absolute atomic E-state index is 5.98. The Morgan fingerprint density at radius 2 is 0.939 bits per heavy atom. The molecule has 0 aromatic heterocycles. The summed E-state index contributed by atoms with van der Waals surface area (Å²) < 4.78 is 12.0. The average Bonchev–Trinajstić information content (AvgIpc) is 2.82. The summed E-state index contributed by atoms with van der Waals surface area (Å²) in [6.07, 6.45) is 1.96. The van der Waals surface area contributed by atoms with Gasteiger partial charge in [-0.15, -0.1) is 0 Å². The van der Waals surface area contributed by atoms with Crippen LogP contribution in [-0.4, -0.2) is 0 Å². The van der Waals surface area contributed by atoms with Crippen LogP contribution in [0.2, 0.25) is 0 Å². The number of hydrogen-bond acceptors (Lipinski definition) is 4. The van der Waals surface area contributed by atoms with Crippen LogP contribution < -0.4 is 20.9 Å². The zero-order valence-electron chi connectivity index (χ0n) is 19.1. The molecule has 0 bridgehead atoms. The van der Waals surface area contributed by atoms with Crippen molar-refractivity contribution in [2.45, 2.75) is 32.1 Å². The molecule has 33 heavy (non-hydrogen) atoms. The van der Waals surface area contributed by atoms with Gasteiger partial charge < -0.3 is 20.9 Å². The second kappa shape index (κ2) is 9.70. The van der Waals surface area contributed by atoms with Gasteiger partial charge in [0.25, 0.3) is 0 Å². The molecule has 0 aliphatic carbocycles. The van der Waals surface area contributed by atoms with Crippen LogP contribution in [0, 0.1) is 0 Å². The minimum absolute atomic E-state index is 0.0919. The summed E-state index contributed by atoms with van der Waals surface area (Å²) in [5.74, 6) is 3.04. The van der Waals surface area contributed by atoms with Gasteiger partial charge in [-0.2, -0.15) is 0 Å². The van der Waals surface area contributed by atoms with Crippen LogP contribution in [0.25, 0.3) is 0 Å². The molecule has 0 unspecified atom stereocenters. The highest BCUT2D eigenvalue weighted by Crippen LogP contribution is 2.40. The van der Waals surface area contributed by atoms with E-state index in [0.717, 1.165) is 35.8 Å². The van der Waals surface area contributed by atoms with E-state index in [1.54, 1.807) is 0 Å². The predicted molar refractivity (Wildman–Crippen MR) is 136 cm³/mol. The second-order valence-corrected chi connectivity index (χ2v) is 8.19. The van der Waals surface area contributed by atoms with Crippen molar-refractivity contribution in [3.63, 3.8) is 0 Å². The number of nitrogen functional groups attached to an aromatic ring is 2. The highest BCUT2D eigenvalue weighted by atomic mass is 16.5. The summed E-state index contributed by atoms with van der Waals surface area (Å²) in [4.78, 5) is 0. The summed E-state index contributed by atoms with van der Waals surface area (Å²) in [5.41, 5.74) is 15.5. The molecule has 0 aliphatic heterocycles. The van der Waals surface area contributed by atoms with Crippen LogP contribution in [0.1, 0.15) is 37.8 Å². The van der Waals surface area contributed by atoms with Gasteiger partial charge >= 0.3 is 0 Å². The van der Waals surface area contributed by atoms with Gasteiger partial charge in [0, 0.05) is 28.9 Å². The van der Waals surface area contributed by atoms with E-state index in [-0.39, 0.29) is 5.41 Å². The van der Waals surface area contributed by atoms with E-state index in [9.17, 15) is 0 Å². The topological polar surface area (TPSA) is 70.5 Å². The molecule has 4 nitrogen and oxygen atoms in total. The van der Waals surface area contributed by atoms with Crippen molar-refractivity contribution in [3.05, 3.63) is 108 Å². The quantitative estimate of drug-likeness (QED) is 0.279. The molecule has 168 valence electrons. The largest absolute Gasteiger partial charge is 0.457 e. The van der Waals surface area contributed by atoms with E-state index < -0.39 is 0 Å². The Morgan fingerprint density at radius 3 is 1.27 bits per heavy atom. The third kappa shape index (κ3) is 4.96. The number of benzene rings is 4. The minimum Gasteiger partial charge on any atom is -0.457 e. The Bertz CT molecular complexity index is 1100. The first kappa shape index (κ1) is 22.3. The Kier molecular flexibility index (Phi) is 6.55. The molecular weight excluding hydrogens is 408 g/mol. The van der Waals surface area contributed by atoms with Crippen molar-refractivity contribution in [2.75, 3.05) is 11.5 Å². The van der Waals surface area contributed by atoms with Crippen LogP contribution in [0.4, 0.5) is 11.4 Å². The molecule has 0 spiro atoms. The lowest BCUT2D eigenvalue weighted by Crippen LogP contribution is -2.25. The summed E-state index contributed by atoms with van der Waals surface area (Å²) >= 11 is 0. The fourth-order valence-corrected chi connectivity index (χ4v) is 4.35. The molecule has 4 heteroatoms. The first-order chi connectivity index (χ1) is 16.0. The molecule has 0 fully saturated rings. The monoisotopic (exact) mass is 438 g/mol. The molecule has 0 atom stereocenters. The number of ether oxygens (including phenoxy) is 2. The van der Waals surface area contributed by atoms with Crippen LogP contribution in [0.5, 0.6) is 23.0 Å². The Hall–Kier alpha value is -3.92.